The van der Waals surface area contributed by atoms with Gasteiger partial charge in [-0.3, -0.25) is 0 Å². The second-order valence-corrected chi connectivity index (χ2v) is 5.99. The molecule has 0 heterocycles. The Labute approximate surface area is 119 Å². The number of ether oxygens (including phenoxy) is 1. The van der Waals surface area contributed by atoms with Gasteiger partial charge in [-0.25, -0.2) is 17.9 Å². The van der Waals surface area contributed by atoms with Crippen molar-refractivity contribution >= 4 is 16.0 Å². The summed E-state index contributed by atoms with van der Waals surface area (Å²) in [6.45, 7) is 5.28. The number of carbonyl (C=O) groups excluding carboxylic acids is 1. The molecule has 0 saturated heterocycles. The van der Waals surface area contributed by atoms with E-state index < -0.39 is 16.0 Å². The van der Waals surface area contributed by atoms with Crippen molar-refractivity contribution in [2.45, 2.75) is 18.7 Å². The van der Waals surface area contributed by atoms with Crippen LogP contribution in [0.1, 0.15) is 22.8 Å². The number of aryl methyl sites for hydroxylation is 1. The highest BCUT2D eigenvalue weighted by atomic mass is 32.2. The Balaban J connectivity index is 2.93. The van der Waals surface area contributed by atoms with E-state index in [4.69, 9.17) is 0 Å². The van der Waals surface area contributed by atoms with E-state index >= 15 is 0 Å². The molecule has 1 aromatic rings. The van der Waals surface area contributed by atoms with Gasteiger partial charge < -0.3 is 10.1 Å². The van der Waals surface area contributed by atoms with Crippen LogP contribution in [0.3, 0.4) is 0 Å². The topological polar surface area (TPSA) is 84.5 Å². The zero-order valence-electron chi connectivity index (χ0n) is 11.9. The average molecular weight is 300 g/mol. The van der Waals surface area contributed by atoms with Crippen molar-refractivity contribution in [1.29, 1.82) is 0 Å². The lowest BCUT2D eigenvalue weighted by Gasteiger charge is -2.09. The Hall–Kier alpha value is -1.44. The van der Waals surface area contributed by atoms with Crippen molar-refractivity contribution in [2.75, 3.05) is 26.7 Å². The number of esters is 1. The molecular weight excluding hydrogens is 280 g/mol. The molecule has 0 aromatic heterocycles. The predicted molar refractivity (Wildman–Crippen MR) is 76.3 cm³/mol. The van der Waals surface area contributed by atoms with E-state index in [-0.39, 0.29) is 17.0 Å². The number of hydrogen-bond donors (Lipinski definition) is 2. The minimum absolute atomic E-state index is 0.0556. The summed E-state index contributed by atoms with van der Waals surface area (Å²) in [5, 5.41) is 3.02. The molecule has 0 amide bonds. The first kappa shape index (κ1) is 16.6. The van der Waals surface area contributed by atoms with Crippen LogP contribution in [0.25, 0.3) is 0 Å². The minimum atomic E-state index is -3.62. The second kappa shape index (κ2) is 7.37. The van der Waals surface area contributed by atoms with Gasteiger partial charge in [0.2, 0.25) is 10.0 Å². The fourth-order valence-corrected chi connectivity index (χ4v) is 2.69. The van der Waals surface area contributed by atoms with Crippen LogP contribution in [0.4, 0.5) is 0 Å². The van der Waals surface area contributed by atoms with Crippen molar-refractivity contribution in [3.63, 3.8) is 0 Å². The third-order valence-electron chi connectivity index (χ3n) is 2.77. The first-order chi connectivity index (χ1) is 9.42. The van der Waals surface area contributed by atoms with E-state index in [1.165, 1.54) is 19.2 Å². The normalized spacial score (nSPS) is 11.3. The number of methoxy groups -OCH3 is 1. The molecule has 112 valence electrons. The molecule has 20 heavy (non-hydrogen) atoms. The lowest BCUT2D eigenvalue weighted by Crippen LogP contribution is -2.31. The summed E-state index contributed by atoms with van der Waals surface area (Å²) in [7, 11) is -2.36. The molecule has 7 heteroatoms. The largest absolute Gasteiger partial charge is 0.465 e. The molecule has 0 aliphatic carbocycles. The highest BCUT2D eigenvalue weighted by molar-refractivity contribution is 7.89. The number of hydrogen-bond acceptors (Lipinski definition) is 5. The molecule has 6 nitrogen and oxygen atoms in total. The van der Waals surface area contributed by atoms with Gasteiger partial charge in [0.1, 0.15) is 0 Å². The fraction of sp³-hybridized carbons (Fsp3) is 0.462. The van der Waals surface area contributed by atoms with Crippen LogP contribution >= 0.6 is 0 Å². The third kappa shape index (κ3) is 4.29. The number of benzene rings is 1. The quantitative estimate of drug-likeness (QED) is 0.571. The molecule has 1 aromatic carbocycles. The van der Waals surface area contributed by atoms with Crippen molar-refractivity contribution in [3.05, 3.63) is 29.3 Å². The smallest absolute Gasteiger partial charge is 0.338 e. The number of sulfonamides is 1. The summed E-state index contributed by atoms with van der Waals surface area (Å²) in [5.74, 6) is -0.549. The Morgan fingerprint density at radius 1 is 1.30 bits per heavy atom. The maximum absolute atomic E-state index is 12.1. The maximum atomic E-state index is 12.1. The van der Waals surface area contributed by atoms with Gasteiger partial charge in [0.25, 0.3) is 0 Å². The van der Waals surface area contributed by atoms with Crippen LogP contribution in [0.15, 0.2) is 23.1 Å². The van der Waals surface area contributed by atoms with Gasteiger partial charge in [0.05, 0.1) is 17.6 Å². The Morgan fingerprint density at radius 3 is 2.60 bits per heavy atom. The lowest BCUT2D eigenvalue weighted by molar-refractivity contribution is 0.0599. The molecule has 0 spiro atoms. The van der Waals surface area contributed by atoms with Gasteiger partial charge >= 0.3 is 5.97 Å². The molecule has 0 saturated carbocycles. The van der Waals surface area contributed by atoms with Gasteiger partial charge in [0, 0.05) is 13.1 Å². The number of carbonyl (C=O) groups is 1. The molecular formula is C13H20N2O4S. The first-order valence-corrected chi connectivity index (χ1v) is 7.80. The van der Waals surface area contributed by atoms with Crippen molar-refractivity contribution in [2.24, 2.45) is 0 Å². The summed E-state index contributed by atoms with van der Waals surface area (Å²) in [6.07, 6.45) is 0. The van der Waals surface area contributed by atoms with E-state index in [1.54, 1.807) is 13.0 Å². The van der Waals surface area contributed by atoms with Crippen LogP contribution < -0.4 is 10.0 Å². The van der Waals surface area contributed by atoms with Gasteiger partial charge in [-0.2, -0.15) is 0 Å². The fourth-order valence-electron chi connectivity index (χ4n) is 1.63. The molecule has 0 bridgehead atoms. The van der Waals surface area contributed by atoms with Gasteiger partial charge in [-0.15, -0.1) is 0 Å². The summed E-state index contributed by atoms with van der Waals surface area (Å²) < 4.78 is 31.3. The van der Waals surface area contributed by atoms with Crippen molar-refractivity contribution in [1.82, 2.24) is 10.0 Å². The maximum Gasteiger partial charge on any atom is 0.338 e. The van der Waals surface area contributed by atoms with Gasteiger partial charge in [-0.05, 0) is 31.2 Å². The zero-order chi connectivity index (χ0) is 15.2. The summed E-state index contributed by atoms with van der Waals surface area (Å²) in [5.41, 5.74) is 0.922. The third-order valence-corrected chi connectivity index (χ3v) is 4.23. The van der Waals surface area contributed by atoms with E-state index in [0.717, 1.165) is 6.54 Å². The number of nitrogens with one attached hydrogen (secondary N) is 2. The second-order valence-electron chi connectivity index (χ2n) is 4.22. The van der Waals surface area contributed by atoms with Crippen LogP contribution in [0.5, 0.6) is 0 Å². The predicted octanol–water partition coefficient (Wildman–Crippen LogP) is 0.669. The number of likely N-dealkylation sites (N-methyl/N-ethyl adjacent to an activating group) is 1. The van der Waals surface area contributed by atoms with Crippen LogP contribution in [-0.2, 0) is 14.8 Å². The molecule has 0 aliphatic heterocycles. The highest BCUT2D eigenvalue weighted by Gasteiger charge is 2.17. The van der Waals surface area contributed by atoms with Crippen LogP contribution in [-0.4, -0.2) is 41.1 Å². The first-order valence-electron chi connectivity index (χ1n) is 6.31. The molecule has 2 N–H and O–H groups in total. The Kier molecular flexibility index (Phi) is 6.12. The monoisotopic (exact) mass is 300 g/mol. The highest BCUT2D eigenvalue weighted by Crippen LogP contribution is 2.16. The average Bonchev–Trinajstić information content (AvgIpc) is 2.43. The Morgan fingerprint density at radius 2 is 2.00 bits per heavy atom. The van der Waals surface area contributed by atoms with Gasteiger partial charge in [-0.1, -0.05) is 13.0 Å². The van der Waals surface area contributed by atoms with E-state index in [2.05, 4.69) is 14.8 Å². The molecule has 1 rings (SSSR count). The molecule has 0 atom stereocenters. The molecule has 0 radical (unpaired) electrons. The zero-order valence-corrected chi connectivity index (χ0v) is 12.7. The van der Waals surface area contributed by atoms with Crippen LogP contribution in [0.2, 0.25) is 0 Å². The van der Waals surface area contributed by atoms with Crippen molar-refractivity contribution < 1.29 is 17.9 Å². The number of rotatable bonds is 7. The van der Waals surface area contributed by atoms with Gasteiger partial charge in [0.15, 0.2) is 0 Å². The molecule has 0 unspecified atom stereocenters. The van der Waals surface area contributed by atoms with Crippen molar-refractivity contribution in [3.8, 4) is 0 Å². The summed E-state index contributed by atoms with van der Waals surface area (Å²) in [6, 6.07) is 4.39. The molecule has 0 aliphatic rings. The summed E-state index contributed by atoms with van der Waals surface area (Å²) >= 11 is 0. The minimum Gasteiger partial charge on any atom is -0.465 e. The Bertz CT molecular complexity index is 570. The van der Waals surface area contributed by atoms with E-state index in [1.807, 2.05) is 6.92 Å². The lowest BCUT2D eigenvalue weighted by atomic mass is 10.1. The van der Waals surface area contributed by atoms with E-state index in [9.17, 15) is 13.2 Å². The summed E-state index contributed by atoms with van der Waals surface area (Å²) in [4.78, 5) is 11.6. The molecule has 0 fully saturated rings. The standard InChI is InChI=1S/C13H20N2O4S/c1-4-14-7-8-15-20(17,18)11-6-5-10(2)12(9-11)13(16)19-3/h5-6,9,14-15H,4,7-8H2,1-3H3. The van der Waals surface area contributed by atoms with E-state index in [0.29, 0.717) is 12.1 Å². The SMILES string of the molecule is CCNCCNS(=O)(=O)c1ccc(C)c(C(=O)OC)c1. The van der Waals surface area contributed by atoms with Crippen LogP contribution in [0, 0.1) is 6.92 Å².